The zero-order valence-electron chi connectivity index (χ0n) is 11.8. The molecule has 0 aliphatic carbocycles. The van der Waals surface area contributed by atoms with Crippen molar-refractivity contribution in [3.05, 3.63) is 0 Å². The van der Waals surface area contributed by atoms with Crippen molar-refractivity contribution in [1.29, 1.82) is 0 Å². The van der Waals surface area contributed by atoms with Crippen molar-refractivity contribution in [2.24, 2.45) is 0 Å². The fraction of sp³-hybridized carbons (Fsp3) is 1.00. The lowest BCUT2D eigenvalue weighted by Gasteiger charge is -2.35. The van der Waals surface area contributed by atoms with E-state index in [1.54, 1.807) is 0 Å². The van der Waals surface area contributed by atoms with Gasteiger partial charge in [0.15, 0.2) is 8.32 Å². The average molecular weight is 280 g/mol. The number of rotatable bonds is 8. The van der Waals surface area contributed by atoms with Crippen LogP contribution in [0.4, 0.5) is 0 Å². The van der Waals surface area contributed by atoms with Crippen molar-refractivity contribution in [1.82, 2.24) is 0 Å². The van der Waals surface area contributed by atoms with Gasteiger partial charge in [0.25, 0.3) is 0 Å². The van der Waals surface area contributed by atoms with E-state index in [0.717, 1.165) is 6.61 Å². The van der Waals surface area contributed by atoms with Crippen LogP contribution >= 0.6 is 9.24 Å². The maximum atomic E-state index is 6.28. The maximum absolute atomic E-state index is 6.28. The molecule has 0 aromatic carbocycles. The number of hydrogen-bond acceptors (Lipinski definition) is 2. The summed E-state index contributed by atoms with van der Waals surface area (Å²) in [6, 6.07) is 0. The van der Waals surface area contributed by atoms with E-state index in [2.05, 4.69) is 48.9 Å². The molecule has 98 valence electrons. The Labute approximate surface area is 106 Å². The van der Waals surface area contributed by atoms with Gasteiger partial charge in [-0.1, -0.05) is 19.8 Å². The normalized spacial score (nSPS) is 15.2. The molecule has 2 nitrogen and oxygen atoms in total. The second-order valence-electron chi connectivity index (χ2n) is 5.82. The maximum Gasteiger partial charge on any atom is 0.206 e. The van der Waals surface area contributed by atoms with Gasteiger partial charge in [-0.2, -0.15) is 0 Å². The first-order valence-electron chi connectivity index (χ1n) is 6.26. The number of unbranched alkanes of at least 4 members (excludes halogenated alkanes) is 2. The zero-order valence-corrected chi connectivity index (χ0v) is 15.0. The lowest BCUT2D eigenvalue weighted by atomic mass is 10.3. The lowest BCUT2D eigenvalue weighted by Crippen LogP contribution is -2.50. The van der Waals surface area contributed by atoms with Crippen molar-refractivity contribution < 1.29 is 8.85 Å². The van der Waals surface area contributed by atoms with E-state index < -0.39 is 16.6 Å². The third kappa shape index (κ3) is 7.96. The van der Waals surface area contributed by atoms with E-state index in [1.165, 1.54) is 19.3 Å². The SMILES string of the molecule is CCCCCOC(P)[Si](C)(C)O[Si](C)(C)C. The molecule has 0 radical (unpaired) electrons. The fourth-order valence-electron chi connectivity index (χ4n) is 1.61. The Morgan fingerprint density at radius 3 is 2.06 bits per heavy atom. The summed E-state index contributed by atoms with van der Waals surface area (Å²) in [5.74, 6) is 0. The highest BCUT2D eigenvalue weighted by molar-refractivity contribution is 7.24. The molecule has 2 unspecified atom stereocenters. The average Bonchev–Trinajstić information content (AvgIpc) is 2.08. The molecule has 0 aromatic rings. The van der Waals surface area contributed by atoms with E-state index in [-0.39, 0.29) is 5.47 Å². The van der Waals surface area contributed by atoms with Crippen LogP contribution in [0, 0.1) is 0 Å². The molecule has 0 saturated heterocycles. The van der Waals surface area contributed by atoms with Gasteiger partial charge in [0.2, 0.25) is 8.32 Å². The Morgan fingerprint density at radius 1 is 1.06 bits per heavy atom. The fourth-order valence-corrected chi connectivity index (χ4v) is 9.66. The molecule has 0 aromatic heterocycles. The topological polar surface area (TPSA) is 18.5 Å². The predicted molar refractivity (Wildman–Crippen MR) is 80.9 cm³/mol. The van der Waals surface area contributed by atoms with Crippen LogP contribution in [0.15, 0.2) is 0 Å². The minimum atomic E-state index is -1.70. The quantitative estimate of drug-likeness (QED) is 0.380. The molecule has 0 aliphatic heterocycles. The largest absolute Gasteiger partial charge is 0.454 e. The van der Waals surface area contributed by atoms with E-state index in [0.29, 0.717) is 0 Å². The highest BCUT2D eigenvalue weighted by Gasteiger charge is 2.35. The summed E-state index contributed by atoms with van der Waals surface area (Å²) >= 11 is 0. The molecular weight excluding hydrogens is 251 g/mol. The zero-order chi connectivity index (χ0) is 12.8. The molecule has 0 amide bonds. The highest BCUT2D eigenvalue weighted by atomic mass is 31.0. The Kier molecular flexibility index (Phi) is 7.63. The monoisotopic (exact) mass is 280 g/mol. The summed E-state index contributed by atoms with van der Waals surface area (Å²) in [4.78, 5) is 0. The van der Waals surface area contributed by atoms with E-state index in [4.69, 9.17) is 8.85 Å². The Bertz CT molecular complexity index is 193. The molecule has 0 N–H and O–H groups in total. The molecule has 5 heteroatoms. The van der Waals surface area contributed by atoms with Crippen LogP contribution in [-0.4, -0.2) is 28.7 Å². The molecule has 0 bridgehead atoms. The summed E-state index contributed by atoms with van der Waals surface area (Å²) in [5, 5.41) is 0. The van der Waals surface area contributed by atoms with Gasteiger partial charge < -0.3 is 8.85 Å². The third-order valence-corrected chi connectivity index (χ3v) is 11.0. The van der Waals surface area contributed by atoms with Crippen LogP contribution in [0.5, 0.6) is 0 Å². The summed E-state index contributed by atoms with van der Waals surface area (Å²) in [5.41, 5.74) is 0.219. The lowest BCUT2D eigenvalue weighted by molar-refractivity contribution is 0.138. The first-order chi connectivity index (χ1) is 7.19. The summed E-state index contributed by atoms with van der Waals surface area (Å²) in [6.07, 6.45) is 3.67. The minimum Gasteiger partial charge on any atom is -0.454 e. The summed E-state index contributed by atoms with van der Waals surface area (Å²) < 4.78 is 12.2. The molecule has 0 fully saturated rings. The van der Waals surface area contributed by atoms with Crippen molar-refractivity contribution in [3.8, 4) is 0 Å². The van der Waals surface area contributed by atoms with Crippen molar-refractivity contribution >= 4 is 25.9 Å². The smallest absolute Gasteiger partial charge is 0.206 e. The highest BCUT2D eigenvalue weighted by Crippen LogP contribution is 2.23. The molecule has 0 saturated carbocycles. The molecule has 16 heavy (non-hydrogen) atoms. The molecule has 0 rings (SSSR count). The molecule has 0 aliphatic rings. The van der Waals surface area contributed by atoms with Gasteiger partial charge in [-0.25, -0.2) is 0 Å². The molecule has 0 heterocycles. The Morgan fingerprint density at radius 2 is 1.62 bits per heavy atom. The summed E-state index contributed by atoms with van der Waals surface area (Å²) in [7, 11) is -0.313. The van der Waals surface area contributed by atoms with E-state index in [1.807, 2.05) is 0 Å². The van der Waals surface area contributed by atoms with Gasteiger partial charge in [0, 0.05) is 6.61 Å². The molecule has 2 atom stereocenters. The van der Waals surface area contributed by atoms with Crippen LogP contribution in [0.3, 0.4) is 0 Å². The van der Waals surface area contributed by atoms with Crippen LogP contribution in [0.25, 0.3) is 0 Å². The predicted octanol–water partition coefficient (Wildman–Crippen LogP) is 3.99. The Hall–Kier alpha value is 0.784. The van der Waals surface area contributed by atoms with Gasteiger partial charge in [-0.15, -0.1) is 9.24 Å². The summed E-state index contributed by atoms with van der Waals surface area (Å²) in [6.45, 7) is 14.3. The van der Waals surface area contributed by atoms with E-state index >= 15 is 0 Å². The van der Waals surface area contributed by atoms with Crippen molar-refractivity contribution in [2.45, 2.75) is 64.4 Å². The first-order valence-corrected chi connectivity index (χ1v) is 13.3. The van der Waals surface area contributed by atoms with Crippen LogP contribution in [0.2, 0.25) is 32.7 Å². The second kappa shape index (κ2) is 7.27. The van der Waals surface area contributed by atoms with Gasteiger partial charge >= 0.3 is 0 Å². The van der Waals surface area contributed by atoms with Crippen LogP contribution in [-0.2, 0) is 8.85 Å². The first kappa shape index (κ1) is 16.8. The van der Waals surface area contributed by atoms with Crippen LogP contribution < -0.4 is 0 Å². The van der Waals surface area contributed by atoms with Gasteiger partial charge in [0.05, 0.1) is 5.47 Å². The van der Waals surface area contributed by atoms with Crippen molar-refractivity contribution in [2.75, 3.05) is 6.61 Å². The molecule has 0 spiro atoms. The number of hydrogen-bond donors (Lipinski definition) is 0. The second-order valence-corrected chi connectivity index (χ2v) is 15.9. The standard InChI is InChI=1S/C11H29O2PSi2/c1-7-8-9-10-12-11(14)16(5,6)13-15(2,3)4/h11H,7-10,14H2,1-6H3. The van der Waals surface area contributed by atoms with E-state index in [9.17, 15) is 0 Å². The van der Waals surface area contributed by atoms with Gasteiger partial charge in [0.1, 0.15) is 0 Å². The van der Waals surface area contributed by atoms with Crippen LogP contribution in [0.1, 0.15) is 26.2 Å². The van der Waals surface area contributed by atoms with Gasteiger partial charge in [-0.05, 0) is 39.2 Å². The third-order valence-electron chi connectivity index (χ3n) is 2.30. The number of ether oxygens (including phenoxy) is 1. The Balaban J connectivity index is 3.99. The molecular formula is C11H29O2PSi2. The van der Waals surface area contributed by atoms with Gasteiger partial charge in [-0.3, -0.25) is 0 Å². The van der Waals surface area contributed by atoms with Crippen molar-refractivity contribution in [3.63, 3.8) is 0 Å². The minimum absolute atomic E-state index is 0.219.